The lowest BCUT2D eigenvalue weighted by molar-refractivity contribution is 0.119. The highest BCUT2D eigenvalue weighted by molar-refractivity contribution is 4.96. The summed E-state index contributed by atoms with van der Waals surface area (Å²) in [5, 5.41) is 13.4. The fourth-order valence-corrected chi connectivity index (χ4v) is 4.24. The Kier molecular flexibility index (Phi) is 4.89. The highest BCUT2D eigenvalue weighted by Gasteiger charge is 2.36. The average Bonchev–Trinajstić information content (AvgIpc) is 2.99. The SMILES string of the molecule is CC(CC(C)(CO)NC1CC1)N1CCC(N2CCCC2)C1. The van der Waals surface area contributed by atoms with E-state index >= 15 is 0 Å². The van der Waals surface area contributed by atoms with E-state index in [1.807, 2.05) is 0 Å². The summed E-state index contributed by atoms with van der Waals surface area (Å²) in [6.07, 6.45) is 7.72. The van der Waals surface area contributed by atoms with E-state index in [-0.39, 0.29) is 12.1 Å². The van der Waals surface area contributed by atoms with Gasteiger partial charge in [-0.25, -0.2) is 0 Å². The summed E-state index contributed by atoms with van der Waals surface area (Å²) >= 11 is 0. The molecule has 3 rings (SSSR count). The predicted octanol–water partition coefficient (Wildman–Crippen LogP) is 1.44. The predicted molar refractivity (Wildman–Crippen MR) is 86.5 cm³/mol. The fourth-order valence-electron chi connectivity index (χ4n) is 4.24. The van der Waals surface area contributed by atoms with Crippen LogP contribution in [0, 0.1) is 0 Å². The maximum absolute atomic E-state index is 9.79. The van der Waals surface area contributed by atoms with Crippen molar-refractivity contribution in [3.8, 4) is 0 Å². The molecular formula is C17H33N3O. The highest BCUT2D eigenvalue weighted by atomic mass is 16.3. The number of nitrogens with zero attached hydrogens (tertiary/aromatic N) is 2. The van der Waals surface area contributed by atoms with Gasteiger partial charge in [-0.05, 0) is 65.5 Å². The Labute approximate surface area is 129 Å². The average molecular weight is 295 g/mol. The third-order valence-corrected chi connectivity index (χ3v) is 5.70. The number of nitrogens with one attached hydrogen (secondary N) is 1. The molecule has 3 atom stereocenters. The van der Waals surface area contributed by atoms with Gasteiger partial charge in [0.1, 0.15) is 0 Å². The molecular weight excluding hydrogens is 262 g/mol. The molecule has 0 amide bonds. The second kappa shape index (κ2) is 6.53. The van der Waals surface area contributed by atoms with Gasteiger partial charge in [0.25, 0.3) is 0 Å². The number of likely N-dealkylation sites (tertiary alicyclic amines) is 2. The zero-order chi connectivity index (χ0) is 14.9. The highest BCUT2D eigenvalue weighted by Crippen LogP contribution is 2.28. The normalized spacial score (nSPS) is 32.4. The lowest BCUT2D eigenvalue weighted by Gasteiger charge is -2.35. The van der Waals surface area contributed by atoms with Crippen LogP contribution in [-0.2, 0) is 0 Å². The quantitative estimate of drug-likeness (QED) is 0.745. The van der Waals surface area contributed by atoms with E-state index in [9.17, 15) is 5.11 Å². The van der Waals surface area contributed by atoms with E-state index in [0.29, 0.717) is 12.1 Å². The number of hydrogen-bond donors (Lipinski definition) is 2. The minimum Gasteiger partial charge on any atom is -0.394 e. The van der Waals surface area contributed by atoms with Crippen LogP contribution in [0.15, 0.2) is 0 Å². The summed E-state index contributed by atoms with van der Waals surface area (Å²) in [5.74, 6) is 0. The smallest absolute Gasteiger partial charge is 0.0611 e. The molecule has 21 heavy (non-hydrogen) atoms. The molecule has 4 nitrogen and oxygen atoms in total. The molecule has 2 N–H and O–H groups in total. The van der Waals surface area contributed by atoms with Crippen LogP contribution in [0.5, 0.6) is 0 Å². The van der Waals surface area contributed by atoms with E-state index in [2.05, 4.69) is 29.0 Å². The van der Waals surface area contributed by atoms with Crippen molar-refractivity contribution in [2.45, 2.75) is 76.0 Å². The first-order chi connectivity index (χ1) is 10.1. The van der Waals surface area contributed by atoms with Gasteiger partial charge in [0.05, 0.1) is 6.61 Å². The monoisotopic (exact) mass is 295 g/mol. The van der Waals surface area contributed by atoms with E-state index in [1.165, 1.54) is 58.3 Å². The molecule has 122 valence electrons. The van der Waals surface area contributed by atoms with Gasteiger partial charge in [0.15, 0.2) is 0 Å². The number of aliphatic hydroxyl groups is 1. The molecule has 2 saturated heterocycles. The topological polar surface area (TPSA) is 38.7 Å². The zero-order valence-electron chi connectivity index (χ0n) is 13.9. The number of hydrogen-bond acceptors (Lipinski definition) is 4. The number of aliphatic hydroxyl groups excluding tert-OH is 1. The summed E-state index contributed by atoms with van der Waals surface area (Å²) < 4.78 is 0. The van der Waals surface area contributed by atoms with Crippen LogP contribution in [-0.4, -0.2) is 71.4 Å². The van der Waals surface area contributed by atoms with E-state index in [4.69, 9.17) is 0 Å². The molecule has 1 saturated carbocycles. The first kappa shape index (κ1) is 15.7. The summed E-state index contributed by atoms with van der Waals surface area (Å²) in [4.78, 5) is 5.34. The van der Waals surface area contributed by atoms with Crippen LogP contribution in [0.3, 0.4) is 0 Å². The van der Waals surface area contributed by atoms with Gasteiger partial charge >= 0.3 is 0 Å². The third kappa shape index (κ3) is 3.98. The van der Waals surface area contributed by atoms with Crippen molar-refractivity contribution in [3.63, 3.8) is 0 Å². The van der Waals surface area contributed by atoms with Crippen molar-refractivity contribution in [2.24, 2.45) is 0 Å². The van der Waals surface area contributed by atoms with Crippen molar-refractivity contribution >= 4 is 0 Å². The van der Waals surface area contributed by atoms with Gasteiger partial charge in [-0.1, -0.05) is 0 Å². The van der Waals surface area contributed by atoms with Crippen molar-refractivity contribution in [2.75, 3.05) is 32.8 Å². The van der Waals surface area contributed by atoms with Crippen molar-refractivity contribution in [1.29, 1.82) is 0 Å². The fraction of sp³-hybridized carbons (Fsp3) is 1.00. The Hall–Kier alpha value is -0.160. The van der Waals surface area contributed by atoms with Gasteiger partial charge < -0.3 is 10.4 Å². The van der Waals surface area contributed by atoms with Crippen LogP contribution in [0.25, 0.3) is 0 Å². The van der Waals surface area contributed by atoms with Crippen molar-refractivity contribution < 1.29 is 5.11 Å². The van der Waals surface area contributed by atoms with Gasteiger partial charge in [-0.2, -0.15) is 0 Å². The second-order valence-corrected chi connectivity index (χ2v) is 7.87. The van der Waals surface area contributed by atoms with Gasteiger partial charge in [0.2, 0.25) is 0 Å². The van der Waals surface area contributed by atoms with E-state index < -0.39 is 0 Å². The summed E-state index contributed by atoms with van der Waals surface area (Å²) in [6.45, 7) is 9.86. The van der Waals surface area contributed by atoms with Gasteiger partial charge in [0, 0.05) is 36.8 Å². The first-order valence-electron chi connectivity index (χ1n) is 8.96. The first-order valence-corrected chi connectivity index (χ1v) is 8.96. The number of rotatable bonds is 7. The molecule has 0 aromatic heterocycles. The summed E-state index contributed by atoms with van der Waals surface area (Å²) in [7, 11) is 0. The zero-order valence-corrected chi connectivity index (χ0v) is 13.9. The van der Waals surface area contributed by atoms with Crippen LogP contribution >= 0.6 is 0 Å². The van der Waals surface area contributed by atoms with Crippen LogP contribution in [0.2, 0.25) is 0 Å². The van der Waals surface area contributed by atoms with Crippen molar-refractivity contribution in [1.82, 2.24) is 15.1 Å². The molecule has 0 aromatic rings. The maximum atomic E-state index is 9.79. The minimum absolute atomic E-state index is 0.105. The maximum Gasteiger partial charge on any atom is 0.0611 e. The Bertz CT molecular complexity index is 341. The molecule has 3 aliphatic rings. The molecule has 3 unspecified atom stereocenters. The largest absolute Gasteiger partial charge is 0.394 e. The van der Waals surface area contributed by atoms with Gasteiger partial charge in [-0.3, -0.25) is 9.80 Å². The molecule has 4 heteroatoms. The lowest BCUT2D eigenvalue weighted by Crippen LogP contribution is -2.51. The second-order valence-electron chi connectivity index (χ2n) is 7.87. The van der Waals surface area contributed by atoms with E-state index in [1.54, 1.807) is 0 Å². The Morgan fingerprint density at radius 1 is 1.19 bits per heavy atom. The Morgan fingerprint density at radius 3 is 2.52 bits per heavy atom. The summed E-state index contributed by atoms with van der Waals surface area (Å²) in [6, 6.07) is 2.00. The molecule has 2 aliphatic heterocycles. The lowest BCUT2D eigenvalue weighted by atomic mass is 9.93. The molecule has 2 heterocycles. The molecule has 0 radical (unpaired) electrons. The van der Waals surface area contributed by atoms with Crippen LogP contribution in [0.1, 0.15) is 52.4 Å². The minimum atomic E-state index is -0.105. The van der Waals surface area contributed by atoms with E-state index in [0.717, 1.165) is 12.5 Å². The molecule has 0 aromatic carbocycles. The Morgan fingerprint density at radius 2 is 1.90 bits per heavy atom. The third-order valence-electron chi connectivity index (χ3n) is 5.70. The molecule has 0 bridgehead atoms. The van der Waals surface area contributed by atoms with Crippen LogP contribution < -0.4 is 5.32 Å². The standard InChI is InChI=1S/C17H33N3O/c1-14(11-17(2,13-21)18-15-5-6-15)20-10-7-16(12-20)19-8-3-4-9-19/h14-16,18,21H,3-13H2,1-2H3. The van der Waals surface area contributed by atoms with Crippen molar-refractivity contribution in [3.05, 3.63) is 0 Å². The van der Waals surface area contributed by atoms with Crippen LogP contribution in [0.4, 0.5) is 0 Å². The molecule has 3 fully saturated rings. The van der Waals surface area contributed by atoms with Gasteiger partial charge in [-0.15, -0.1) is 0 Å². The summed E-state index contributed by atoms with van der Waals surface area (Å²) in [5.41, 5.74) is -0.105. The Balaban J connectivity index is 1.49. The molecule has 1 aliphatic carbocycles. The molecule has 0 spiro atoms.